The van der Waals surface area contributed by atoms with Crippen molar-refractivity contribution in [2.75, 3.05) is 32.0 Å². The minimum absolute atomic E-state index is 0.156. The topological polar surface area (TPSA) is 57.3 Å². The van der Waals surface area contributed by atoms with Gasteiger partial charge in [0.25, 0.3) is 0 Å². The lowest BCUT2D eigenvalue weighted by Crippen LogP contribution is -2.44. The first-order valence-electron chi connectivity index (χ1n) is 7.12. The first-order chi connectivity index (χ1) is 10.0. The summed E-state index contributed by atoms with van der Waals surface area (Å²) < 4.78 is 1.15. The Labute approximate surface area is 132 Å². The lowest BCUT2D eigenvalue weighted by Gasteiger charge is -2.37. The molecule has 0 saturated carbocycles. The number of nitrogens with one attached hydrogen (secondary N) is 2. The predicted molar refractivity (Wildman–Crippen MR) is 89.4 cm³/mol. The number of aromatic nitrogens is 1. The molecular formula is C14H20N4OS2. The number of hydrogen-bond donors (Lipinski definition) is 2. The van der Waals surface area contributed by atoms with Gasteiger partial charge in [0.15, 0.2) is 5.13 Å². The molecule has 0 aromatic carbocycles. The molecule has 2 N–H and O–H groups in total. The number of anilines is 1. The molecule has 2 amide bonds. The van der Waals surface area contributed by atoms with Crippen molar-refractivity contribution in [2.24, 2.45) is 5.41 Å². The molecule has 5 nitrogen and oxygen atoms in total. The summed E-state index contributed by atoms with van der Waals surface area (Å²) in [5, 5.41) is 8.51. The molecule has 2 aromatic rings. The summed E-state index contributed by atoms with van der Waals surface area (Å²) in [5.41, 5.74) is 1.16. The van der Waals surface area contributed by atoms with E-state index in [1.165, 1.54) is 11.3 Å². The van der Waals surface area contributed by atoms with E-state index in [0.717, 1.165) is 35.5 Å². The zero-order valence-corrected chi connectivity index (χ0v) is 13.9. The van der Waals surface area contributed by atoms with E-state index in [2.05, 4.69) is 34.5 Å². The van der Waals surface area contributed by atoms with Gasteiger partial charge in [-0.3, -0.25) is 5.32 Å². The molecular weight excluding hydrogens is 304 g/mol. The number of rotatable bonds is 3. The van der Waals surface area contributed by atoms with Crippen LogP contribution in [0.3, 0.4) is 0 Å². The third-order valence-electron chi connectivity index (χ3n) is 4.11. The molecule has 1 aliphatic rings. The van der Waals surface area contributed by atoms with E-state index >= 15 is 0 Å². The SMILES string of the molecule is CN1CCC(C)(CNC(=O)Nc2nc3ccsc3s2)CC1. The Morgan fingerprint density at radius 3 is 2.95 bits per heavy atom. The van der Waals surface area contributed by atoms with Crippen LogP contribution in [0.5, 0.6) is 0 Å². The molecule has 0 aliphatic carbocycles. The van der Waals surface area contributed by atoms with Gasteiger partial charge in [0.05, 0.1) is 5.52 Å². The van der Waals surface area contributed by atoms with Gasteiger partial charge in [-0.15, -0.1) is 11.3 Å². The highest BCUT2D eigenvalue weighted by atomic mass is 32.2. The van der Waals surface area contributed by atoms with Gasteiger partial charge in [-0.2, -0.15) is 0 Å². The minimum Gasteiger partial charge on any atom is -0.337 e. The molecule has 3 heterocycles. The predicted octanol–water partition coefficient (Wildman–Crippen LogP) is 3.21. The summed E-state index contributed by atoms with van der Waals surface area (Å²) in [5.74, 6) is 0. The number of amides is 2. The summed E-state index contributed by atoms with van der Waals surface area (Å²) in [6.07, 6.45) is 2.24. The van der Waals surface area contributed by atoms with E-state index in [-0.39, 0.29) is 11.4 Å². The highest BCUT2D eigenvalue weighted by molar-refractivity contribution is 7.39. The normalized spacial score (nSPS) is 18.8. The number of likely N-dealkylation sites (tertiary alicyclic amines) is 1. The maximum atomic E-state index is 12.0. The highest BCUT2D eigenvalue weighted by Crippen LogP contribution is 2.31. The second-order valence-electron chi connectivity index (χ2n) is 6.03. The van der Waals surface area contributed by atoms with Crippen LogP contribution in [0.15, 0.2) is 11.4 Å². The fourth-order valence-corrected chi connectivity index (χ4v) is 4.32. The molecule has 0 atom stereocenters. The van der Waals surface area contributed by atoms with Crippen molar-refractivity contribution in [1.29, 1.82) is 0 Å². The van der Waals surface area contributed by atoms with Gasteiger partial charge in [0.2, 0.25) is 0 Å². The summed E-state index contributed by atoms with van der Waals surface area (Å²) in [6, 6.07) is 1.82. The number of thiophene rings is 1. The van der Waals surface area contributed by atoms with E-state index < -0.39 is 0 Å². The fourth-order valence-electron chi connectivity index (χ4n) is 2.49. The molecule has 0 bridgehead atoms. The fraction of sp³-hybridized carbons (Fsp3) is 0.571. The van der Waals surface area contributed by atoms with Crippen molar-refractivity contribution < 1.29 is 4.79 Å². The lowest BCUT2D eigenvalue weighted by atomic mass is 9.80. The lowest BCUT2D eigenvalue weighted by molar-refractivity contribution is 0.139. The number of carbonyl (C=O) groups excluding carboxylic acids is 1. The van der Waals surface area contributed by atoms with E-state index in [0.29, 0.717) is 11.7 Å². The molecule has 0 unspecified atom stereocenters. The zero-order valence-electron chi connectivity index (χ0n) is 12.3. The van der Waals surface area contributed by atoms with Crippen molar-refractivity contribution in [3.8, 4) is 0 Å². The zero-order chi connectivity index (χ0) is 14.9. The molecule has 0 radical (unpaired) electrons. The molecule has 1 aliphatic heterocycles. The van der Waals surface area contributed by atoms with Gasteiger partial charge in [-0.05, 0) is 49.8 Å². The van der Waals surface area contributed by atoms with Crippen LogP contribution in [0.2, 0.25) is 0 Å². The number of urea groups is 1. The average molecular weight is 324 g/mol. The third kappa shape index (κ3) is 3.53. The molecule has 1 saturated heterocycles. The van der Waals surface area contributed by atoms with Gasteiger partial charge in [0, 0.05) is 6.54 Å². The standard InChI is InChI=1S/C14H20N4OS2/c1-14(4-6-18(2)7-5-14)9-15-12(19)17-13-16-10-3-8-20-11(10)21-13/h3,8H,4-7,9H2,1-2H3,(H2,15,16,17,19). The molecule has 0 spiro atoms. The third-order valence-corrected chi connectivity index (χ3v) is 6.13. The Morgan fingerprint density at radius 1 is 1.48 bits per heavy atom. The number of thiazole rings is 1. The van der Waals surface area contributed by atoms with Crippen LogP contribution >= 0.6 is 22.7 Å². The van der Waals surface area contributed by atoms with Crippen LogP contribution in [-0.2, 0) is 0 Å². The number of piperidine rings is 1. The molecule has 21 heavy (non-hydrogen) atoms. The molecule has 7 heteroatoms. The Kier molecular flexibility index (Phi) is 4.14. The summed E-state index contributed by atoms with van der Waals surface area (Å²) in [6.45, 7) is 5.16. The van der Waals surface area contributed by atoms with Gasteiger partial charge in [-0.25, -0.2) is 9.78 Å². The van der Waals surface area contributed by atoms with Crippen LogP contribution in [0.4, 0.5) is 9.93 Å². The van der Waals surface area contributed by atoms with Crippen molar-refractivity contribution in [2.45, 2.75) is 19.8 Å². The summed E-state index contributed by atoms with van der Waals surface area (Å²) in [7, 11) is 2.15. The van der Waals surface area contributed by atoms with Crippen LogP contribution in [0.25, 0.3) is 9.53 Å². The first-order valence-corrected chi connectivity index (χ1v) is 8.81. The Bertz CT molecular complexity index is 599. The first kappa shape index (κ1) is 14.7. The van der Waals surface area contributed by atoms with E-state index in [1.54, 1.807) is 11.3 Å². The number of carbonyl (C=O) groups is 1. The summed E-state index contributed by atoms with van der Waals surface area (Å²) >= 11 is 3.17. The smallest absolute Gasteiger partial charge is 0.321 e. The van der Waals surface area contributed by atoms with Crippen molar-refractivity contribution in [1.82, 2.24) is 15.2 Å². The van der Waals surface area contributed by atoms with Gasteiger partial charge in [-0.1, -0.05) is 18.3 Å². The van der Waals surface area contributed by atoms with Crippen molar-refractivity contribution >= 4 is 43.4 Å². The largest absolute Gasteiger partial charge is 0.337 e. The number of hydrogen-bond acceptors (Lipinski definition) is 5. The Balaban J connectivity index is 1.51. The summed E-state index contributed by atoms with van der Waals surface area (Å²) in [4.78, 5) is 18.7. The van der Waals surface area contributed by atoms with Gasteiger partial charge < -0.3 is 10.2 Å². The molecule has 2 aromatic heterocycles. The van der Waals surface area contributed by atoms with E-state index in [9.17, 15) is 4.79 Å². The maximum absolute atomic E-state index is 12.0. The van der Waals surface area contributed by atoms with Gasteiger partial charge in [0.1, 0.15) is 4.01 Å². The quantitative estimate of drug-likeness (QED) is 0.911. The molecule has 3 rings (SSSR count). The Morgan fingerprint density at radius 2 is 2.24 bits per heavy atom. The van der Waals surface area contributed by atoms with Crippen molar-refractivity contribution in [3.63, 3.8) is 0 Å². The average Bonchev–Trinajstić information content (AvgIpc) is 3.01. The number of fused-ring (bicyclic) bond motifs is 1. The second-order valence-corrected chi connectivity index (χ2v) is 8.21. The second kappa shape index (κ2) is 5.90. The molecule has 114 valence electrons. The van der Waals surface area contributed by atoms with Crippen LogP contribution in [0, 0.1) is 5.41 Å². The highest BCUT2D eigenvalue weighted by Gasteiger charge is 2.29. The van der Waals surface area contributed by atoms with E-state index in [4.69, 9.17) is 0 Å². The van der Waals surface area contributed by atoms with Crippen LogP contribution in [0.1, 0.15) is 19.8 Å². The van der Waals surface area contributed by atoms with Crippen molar-refractivity contribution in [3.05, 3.63) is 11.4 Å². The van der Waals surface area contributed by atoms with Crippen LogP contribution in [-0.4, -0.2) is 42.6 Å². The van der Waals surface area contributed by atoms with E-state index in [1.807, 2.05) is 11.4 Å². The van der Waals surface area contributed by atoms with Gasteiger partial charge >= 0.3 is 6.03 Å². The van der Waals surface area contributed by atoms with Crippen LogP contribution < -0.4 is 10.6 Å². The maximum Gasteiger partial charge on any atom is 0.321 e. The monoisotopic (exact) mass is 324 g/mol. The number of nitrogens with zero attached hydrogens (tertiary/aromatic N) is 2. The molecule has 1 fully saturated rings. The minimum atomic E-state index is -0.156. The Hall–Kier alpha value is -1.18.